The van der Waals surface area contributed by atoms with E-state index in [-0.39, 0.29) is 5.91 Å². The second-order valence-corrected chi connectivity index (χ2v) is 7.55. The van der Waals surface area contributed by atoms with Crippen LogP contribution in [-0.2, 0) is 4.74 Å². The van der Waals surface area contributed by atoms with E-state index in [0.29, 0.717) is 24.5 Å². The molecular formula is C25H23N5O2. The maximum absolute atomic E-state index is 12.7. The van der Waals surface area contributed by atoms with Crippen LogP contribution in [0.2, 0.25) is 0 Å². The van der Waals surface area contributed by atoms with Gasteiger partial charge in [0.2, 0.25) is 0 Å². The Labute approximate surface area is 186 Å². The first-order chi connectivity index (χ1) is 15.8. The van der Waals surface area contributed by atoms with Crippen molar-refractivity contribution in [2.24, 2.45) is 0 Å². The summed E-state index contributed by atoms with van der Waals surface area (Å²) in [7, 11) is 0. The SMILES string of the molecule is O=C(Nc1cccc(-c2ncc(-c3ccccc3)[nH]2)c1)c1ccc(N2CCOCC2)nc1. The topological polar surface area (TPSA) is 83.1 Å². The van der Waals surface area contributed by atoms with Gasteiger partial charge in [0, 0.05) is 30.5 Å². The van der Waals surface area contributed by atoms with Gasteiger partial charge in [0.25, 0.3) is 5.91 Å². The van der Waals surface area contributed by atoms with Gasteiger partial charge in [0.05, 0.1) is 30.7 Å². The third kappa shape index (κ3) is 4.38. The Kier molecular flexibility index (Phi) is 5.63. The van der Waals surface area contributed by atoms with Crippen molar-refractivity contribution in [3.05, 3.63) is 84.7 Å². The summed E-state index contributed by atoms with van der Waals surface area (Å²) in [6, 6.07) is 21.3. The number of aromatic nitrogens is 3. The summed E-state index contributed by atoms with van der Waals surface area (Å²) < 4.78 is 5.37. The van der Waals surface area contributed by atoms with Crippen LogP contribution >= 0.6 is 0 Å². The van der Waals surface area contributed by atoms with E-state index in [9.17, 15) is 4.79 Å². The predicted octanol–water partition coefficient (Wildman–Crippen LogP) is 4.23. The smallest absolute Gasteiger partial charge is 0.257 e. The van der Waals surface area contributed by atoms with Crippen molar-refractivity contribution in [2.75, 3.05) is 36.5 Å². The van der Waals surface area contributed by atoms with E-state index in [0.717, 1.165) is 41.6 Å². The number of aromatic amines is 1. The molecule has 32 heavy (non-hydrogen) atoms. The molecule has 0 saturated carbocycles. The van der Waals surface area contributed by atoms with Crippen LogP contribution in [0.25, 0.3) is 22.6 Å². The second kappa shape index (κ2) is 9.03. The highest BCUT2D eigenvalue weighted by Crippen LogP contribution is 2.24. The third-order valence-corrected chi connectivity index (χ3v) is 5.40. The number of anilines is 2. The quantitative estimate of drug-likeness (QED) is 0.500. The molecule has 1 aliphatic rings. The van der Waals surface area contributed by atoms with Crippen molar-refractivity contribution in [3.8, 4) is 22.6 Å². The molecule has 3 heterocycles. The summed E-state index contributed by atoms with van der Waals surface area (Å²) in [6.45, 7) is 3.01. The first-order valence-electron chi connectivity index (χ1n) is 10.6. The van der Waals surface area contributed by atoms with Crippen LogP contribution in [0.1, 0.15) is 10.4 Å². The van der Waals surface area contributed by atoms with Crippen molar-refractivity contribution in [3.63, 3.8) is 0 Å². The molecule has 0 atom stereocenters. The molecule has 1 amide bonds. The number of carbonyl (C=O) groups excluding carboxylic acids is 1. The molecule has 160 valence electrons. The fourth-order valence-corrected chi connectivity index (χ4v) is 3.68. The molecule has 0 unspecified atom stereocenters. The van der Waals surface area contributed by atoms with E-state index in [2.05, 4.69) is 25.2 Å². The van der Waals surface area contributed by atoms with Crippen LogP contribution in [0.3, 0.4) is 0 Å². The molecule has 2 N–H and O–H groups in total. The zero-order valence-electron chi connectivity index (χ0n) is 17.5. The Morgan fingerprint density at radius 3 is 2.50 bits per heavy atom. The second-order valence-electron chi connectivity index (χ2n) is 7.55. The number of H-pyrrole nitrogens is 1. The first kappa shape index (κ1) is 20.0. The number of carbonyl (C=O) groups is 1. The minimum absolute atomic E-state index is 0.201. The lowest BCUT2D eigenvalue weighted by Crippen LogP contribution is -2.36. The van der Waals surface area contributed by atoms with Gasteiger partial charge in [0.15, 0.2) is 0 Å². The number of nitrogens with one attached hydrogen (secondary N) is 2. The van der Waals surface area contributed by atoms with Crippen molar-refractivity contribution < 1.29 is 9.53 Å². The molecule has 0 bridgehead atoms. The molecule has 5 rings (SSSR count). The molecule has 2 aromatic heterocycles. The lowest BCUT2D eigenvalue weighted by atomic mass is 10.1. The minimum Gasteiger partial charge on any atom is -0.378 e. The fraction of sp³-hybridized carbons (Fsp3) is 0.160. The molecular weight excluding hydrogens is 402 g/mol. The van der Waals surface area contributed by atoms with Gasteiger partial charge in [-0.05, 0) is 29.8 Å². The Balaban J connectivity index is 1.29. The lowest BCUT2D eigenvalue weighted by molar-refractivity contribution is 0.102. The molecule has 1 fully saturated rings. The summed E-state index contributed by atoms with van der Waals surface area (Å²) >= 11 is 0. The summed E-state index contributed by atoms with van der Waals surface area (Å²) in [5.41, 5.74) is 4.12. The average molecular weight is 425 g/mol. The Morgan fingerprint density at radius 2 is 1.72 bits per heavy atom. The normalized spacial score (nSPS) is 13.7. The van der Waals surface area contributed by atoms with Crippen molar-refractivity contribution in [2.45, 2.75) is 0 Å². The number of amides is 1. The Bertz CT molecular complexity index is 1200. The van der Waals surface area contributed by atoms with E-state index in [1.54, 1.807) is 12.3 Å². The number of nitrogens with zero attached hydrogens (tertiary/aromatic N) is 3. The number of imidazole rings is 1. The first-order valence-corrected chi connectivity index (χ1v) is 10.6. The lowest BCUT2D eigenvalue weighted by Gasteiger charge is -2.27. The van der Waals surface area contributed by atoms with E-state index in [1.165, 1.54) is 0 Å². The van der Waals surface area contributed by atoms with Crippen LogP contribution in [0, 0.1) is 0 Å². The zero-order chi connectivity index (χ0) is 21.8. The fourth-order valence-electron chi connectivity index (χ4n) is 3.68. The maximum Gasteiger partial charge on any atom is 0.257 e. The van der Waals surface area contributed by atoms with Crippen molar-refractivity contribution in [1.29, 1.82) is 0 Å². The summed E-state index contributed by atoms with van der Waals surface area (Å²) in [5, 5.41) is 2.95. The van der Waals surface area contributed by atoms with E-state index in [1.807, 2.05) is 66.9 Å². The highest BCUT2D eigenvalue weighted by Gasteiger charge is 2.14. The minimum atomic E-state index is -0.201. The van der Waals surface area contributed by atoms with Crippen LogP contribution in [0.4, 0.5) is 11.5 Å². The number of pyridine rings is 1. The molecule has 1 saturated heterocycles. The maximum atomic E-state index is 12.7. The molecule has 0 radical (unpaired) electrons. The number of morpholine rings is 1. The standard InChI is InChI=1S/C25H23N5O2/c31-25(20-9-10-23(26-16-20)30-11-13-32-14-12-30)28-21-8-4-7-19(15-21)24-27-17-22(29-24)18-5-2-1-3-6-18/h1-10,15-17H,11-14H2,(H,27,29)(H,28,31). The van der Waals surface area contributed by atoms with Gasteiger partial charge in [-0.3, -0.25) is 4.79 Å². The van der Waals surface area contributed by atoms with Crippen LogP contribution < -0.4 is 10.2 Å². The predicted molar refractivity (Wildman–Crippen MR) is 125 cm³/mol. The molecule has 1 aliphatic heterocycles. The highest BCUT2D eigenvalue weighted by molar-refractivity contribution is 6.04. The average Bonchev–Trinajstić information content (AvgIpc) is 3.36. The van der Waals surface area contributed by atoms with E-state index < -0.39 is 0 Å². The van der Waals surface area contributed by atoms with Gasteiger partial charge in [-0.25, -0.2) is 9.97 Å². The molecule has 7 heteroatoms. The third-order valence-electron chi connectivity index (χ3n) is 5.40. The van der Waals surface area contributed by atoms with Gasteiger partial charge < -0.3 is 19.9 Å². The summed E-state index contributed by atoms with van der Waals surface area (Å²) in [5.74, 6) is 1.41. The largest absolute Gasteiger partial charge is 0.378 e. The van der Waals surface area contributed by atoms with Crippen LogP contribution in [0.15, 0.2) is 79.1 Å². The zero-order valence-corrected chi connectivity index (χ0v) is 17.5. The van der Waals surface area contributed by atoms with Crippen LogP contribution in [-0.4, -0.2) is 47.2 Å². The Morgan fingerprint density at radius 1 is 0.906 bits per heavy atom. The number of rotatable bonds is 5. The van der Waals surface area contributed by atoms with Gasteiger partial charge in [-0.15, -0.1) is 0 Å². The Hall–Kier alpha value is -3.97. The summed E-state index contributed by atoms with van der Waals surface area (Å²) in [6.07, 6.45) is 3.43. The molecule has 0 aliphatic carbocycles. The number of hydrogen-bond acceptors (Lipinski definition) is 5. The highest BCUT2D eigenvalue weighted by atomic mass is 16.5. The number of ether oxygens (including phenoxy) is 1. The van der Waals surface area contributed by atoms with Gasteiger partial charge in [-0.2, -0.15) is 0 Å². The monoisotopic (exact) mass is 425 g/mol. The number of benzene rings is 2. The molecule has 0 spiro atoms. The molecule has 4 aromatic rings. The van der Waals surface area contributed by atoms with Crippen LogP contribution in [0.5, 0.6) is 0 Å². The van der Waals surface area contributed by atoms with Gasteiger partial charge >= 0.3 is 0 Å². The van der Waals surface area contributed by atoms with Crippen molar-refractivity contribution in [1.82, 2.24) is 15.0 Å². The molecule has 7 nitrogen and oxygen atoms in total. The van der Waals surface area contributed by atoms with Gasteiger partial charge in [-0.1, -0.05) is 42.5 Å². The van der Waals surface area contributed by atoms with Gasteiger partial charge in [0.1, 0.15) is 11.6 Å². The molecule has 2 aromatic carbocycles. The summed E-state index contributed by atoms with van der Waals surface area (Å²) in [4.78, 5) is 27.2. The number of hydrogen-bond donors (Lipinski definition) is 2. The van der Waals surface area contributed by atoms with E-state index >= 15 is 0 Å². The van der Waals surface area contributed by atoms with E-state index in [4.69, 9.17) is 4.74 Å². The van der Waals surface area contributed by atoms with Crippen molar-refractivity contribution >= 4 is 17.4 Å².